The molecule has 4 nitrogen and oxygen atoms in total. The summed E-state index contributed by atoms with van der Waals surface area (Å²) in [6.45, 7) is 1.89. The van der Waals surface area contributed by atoms with Crippen LogP contribution in [0.5, 0.6) is 0 Å². The maximum atomic E-state index is 6.35. The SMILES string of the molecule is Cc1nccc(C(N)C2CCc3cccnc32)n1. The van der Waals surface area contributed by atoms with Gasteiger partial charge in [0.15, 0.2) is 0 Å². The third-order valence-electron chi connectivity index (χ3n) is 3.57. The van der Waals surface area contributed by atoms with Crippen molar-refractivity contribution >= 4 is 0 Å². The van der Waals surface area contributed by atoms with E-state index in [9.17, 15) is 0 Å². The second kappa shape index (κ2) is 4.46. The Bertz CT molecular complexity index is 567. The molecule has 0 bridgehead atoms. The standard InChI is InChI=1S/C14H16N4/c1-9-16-8-6-12(18-9)13(15)11-5-4-10-3-2-7-17-14(10)11/h2-3,6-8,11,13H,4-5,15H2,1H3. The van der Waals surface area contributed by atoms with Crippen LogP contribution in [-0.2, 0) is 6.42 Å². The van der Waals surface area contributed by atoms with Crippen molar-refractivity contribution in [3.05, 3.63) is 53.4 Å². The highest BCUT2D eigenvalue weighted by molar-refractivity contribution is 5.31. The van der Waals surface area contributed by atoms with Crippen molar-refractivity contribution < 1.29 is 0 Å². The number of nitrogens with two attached hydrogens (primary N) is 1. The van der Waals surface area contributed by atoms with Gasteiger partial charge in [0.05, 0.1) is 11.7 Å². The Balaban J connectivity index is 1.93. The van der Waals surface area contributed by atoms with Gasteiger partial charge in [0.1, 0.15) is 5.82 Å². The number of pyridine rings is 1. The van der Waals surface area contributed by atoms with Gasteiger partial charge in [-0.3, -0.25) is 4.98 Å². The molecule has 0 spiro atoms. The Hall–Kier alpha value is -1.81. The van der Waals surface area contributed by atoms with Gasteiger partial charge in [-0.2, -0.15) is 0 Å². The lowest BCUT2D eigenvalue weighted by molar-refractivity contribution is 0.528. The largest absolute Gasteiger partial charge is 0.322 e. The summed E-state index contributed by atoms with van der Waals surface area (Å²) >= 11 is 0. The van der Waals surface area contributed by atoms with Crippen molar-refractivity contribution in [2.75, 3.05) is 0 Å². The van der Waals surface area contributed by atoms with E-state index in [-0.39, 0.29) is 12.0 Å². The minimum absolute atomic E-state index is 0.0946. The zero-order valence-electron chi connectivity index (χ0n) is 10.4. The number of aromatic nitrogens is 3. The summed E-state index contributed by atoms with van der Waals surface area (Å²) in [6, 6.07) is 5.93. The Morgan fingerprint density at radius 1 is 1.28 bits per heavy atom. The van der Waals surface area contributed by atoms with Gasteiger partial charge in [0.2, 0.25) is 0 Å². The first kappa shape index (κ1) is 11.3. The first-order valence-electron chi connectivity index (χ1n) is 6.24. The van der Waals surface area contributed by atoms with E-state index in [2.05, 4.69) is 21.0 Å². The molecule has 1 aliphatic carbocycles. The van der Waals surface area contributed by atoms with Gasteiger partial charge >= 0.3 is 0 Å². The molecule has 18 heavy (non-hydrogen) atoms. The summed E-state index contributed by atoms with van der Waals surface area (Å²) in [4.78, 5) is 13.0. The summed E-state index contributed by atoms with van der Waals surface area (Å²) in [7, 11) is 0. The molecule has 0 aliphatic heterocycles. The summed E-state index contributed by atoms with van der Waals surface area (Å²) in [5.74, 6) is 1.04. The van der Waals surface area contributed by atoms with E-state index in [4.69, 9.17) is 5.73 Å². The summed E-state index contributed by atoms with van der Waals surface area (Å²) in [5.41, 5.74) is 9.73. The van der Waals surface area contributed by atoms with Crippen molar-refractivity contribution in [3.63, 3.8) is 0 Å². The Morgan fingerprint density at radius 3 is 3.00 bits per heavy atom. The molecule has 2 aromatic heterocycles. The monoisotopic (exact) mass is 240 g/mol. The van der Waals surface area contributed by atoms with Crippen LogP contribution in [0.2, 0.25) is 0 Å². The Labute approximate surface area is 106 Å². The van der Waals surface area contributed by atoms with Gasteiger partial charge in [-0.15, -0.1) is 0 Å². The normalized spacial score (nSPS) is 19.6. The summed E-state index contributed by atoms with van der Waals surface area (Å²) < 4.78 is 0. The van der Waals surface area contributed by atoms with Gasteiger partial charge in [0, 0.05) is 24.0 Å². The van der Waals surface area contributed by atoms with Crippen LogP contribution < -0.4 is 5.73 Å². The first-order valence-corrected chi connectivity index (χ1v) is 6.24. The number of rotatable bonds is 2. The Morgan fingerprint density at radius 2 is 2.17 bits per heavy atom. The highest BCUT2D eigenvalue weighted by atomic mass is 14.9. The maximum Gasteiger partial charge on any atom is 0.125 e. The number of hydrogen-bond donors (Lipinski definition) is 1. The van der Waals surface area contributed by atoms with Crippen molar-refractivity contribution in [2.45, 2.75) is 31.7 Å². The van der Waals surface area contributed by atoms with Crippen LogP contribution in [0.25, 0.3) is 0 Å². The molecule has 2 N–H and O–H groups in total. The lowest BCUT2D eigenvalue weighted by Gasteiger charge is -2.19. The predicted molar refractivity (Wildman–Crippen MR) is 69.0 cm³/mol. The fourth-order valence-electron chi connectivity index (χ4n) is 2.66. The van der Waals surface area contributed by atoms with Crippen LogP contribution in [0.4, 0.5) is 0 Å². The fraction of sp³-hybridized carbons (Fsp3) is 0.357. The number of aryl methyl sites for hydroxylation is 2. The smallest absolute Gasteiger partial charge is 0.125 e. The molecule has 2 heterocycles. The van der Waals surface area contributed by atoms with Gasteiger partial charge in [-0.25, -0.2) is 9.97 Å². The number of fused-ring (bicyclic) bond motifs is 1. The Kier molecular flexibility index (Phi) is 2.80. The molecule has 4 heteroatoms. The fourth-order valence-corrected chi connectivity index (χ4v) is 2.66. The van der Waals surface area contributed by atoms with Gasteiger partial charge in [-0.1, -0.05) is 6.07 Å². The van der Waals surface area contributed by atoms with Crippen LogP contribution in [-0.4, -0.2) is 15.0 Å². The van der Waals surface area contributed by atoms with E-state index in [1.54, 1.807) is 6.20 Å². The molecule has 3 rings (SSSR count). The second-order valence-electron chi connectivity index (χ2n) is 4.75. The van der Waals surface area contributed by atoms with E-state index in [0.29, 0.717) is 0 Å². The molecule has 1 aliphatic rings. The third kappa shape index (κ3) is 1.88. The molecule has 0 saturated carbocycles. The predicted octanol–water partition coefficient (Wildman–Crippen LogP) is 1.91. The molecule has 92 valence electrons. The van der Waals surface area contributed by atoms with Crippen LogP contribution >= 0.6 is 0 Å². The lowest BCUT2D eigenvalue weighted by Crippen LogP contribution is -2.20. The minimum Gasteiger partial charge on any atom is -0.322 e. The molecular weight excluding hydrogens is 224 g/mol. The van der Waals surface area contributed by atoms with Crippen LogP contribution in [0.15, 0.2) is 30.6 Å². The highest BCUT2D eigenvalue weighted by Gasteiger charge is 2.30. The van der Waals surface area contributed by atoms with Gasteiger partial charge in [0.25, 0.3) is 0 Å². The average molecular weight is 240 g/mol. The summed E-state index contributed by atoms with van der Waals surface area (Å²) in [5, 5.41) is 0. The molecule has 0 saturated heterocycles. The maximum absolute atomic E-state index is 6.35. The first-order chi connectivity index (χ1) is 8.75. The zero-order chi connectivity index (χ0) is 12.5. The molecule has 2 aromatic rings. The quantitative estimate of drug-likeness (QED) is 0.870. The molecule has 0 fully saturated rings. The molecule has 2 unspecified atom stereocenters. The van der Waals surface area contributed by atoms with Crippen molar-refractivity contribution in [1.29, 1.82) is 0 Å². The highest BCUT2D eigenvalue weighted by Crippen LogP contribution is 2.38. The molecule has 0 radical (unpaired) electrons. The van der Waals surface area contributed by atoms with E-state index in [1.165, 1.54) is 5.56 Å². The summed E-state index contributed by atoms with van der Waals surface area (Å²) in [6.07, 6.45) is 5.73. The van der Waals surface area contributed by atoms with Crippen molar-refractivity contribution in [1.82, 2.24) is 15.0 Å². The van der Waals surface area contributed by atoms with Crippen molar-refractivity contribution in [3.8, 4) is 0 Å². The number of nitrogens with zero attached hydrogens (tertiary/aromatic N) is 3. The molecule has 0 aromatic carbocycles. The lowest BCUT2D eigenvalue weighted by atomic mass is 9.95. The van der Waals surface area contributed by atoms with E-state index < -0.39 is 0 Å². The van der Waals surface area contributed by atoms with Gasteiger partial charge < -0.3 is 5.73 Å². The van der Waals surface area contributed by atoms with E-state index in [0.717, 1.165) is 30.1 Å². The minimum atomic E-state index is -0.0946. The third-order valence-corrected chi connectivity index (χ3v) is 3.57. The second-order valence-corrected chi connectivity index (χ2v) is 4.75. The average Bonchev–Trinajstić information content (AvgIpc) is 2.82. The molecular formula is C14H16N4. The molecule has 0 amide bonds. The van der Waals surface area contributed by atoms with Crippen molar-refractivity contribution in [2.24, 2.45) is 5.73 Å². The van der Waals surface area contributed by atoms with Crippen LogP contribution in [0.3, 0.4) is 0 Å². The van der Waals surface area contributed by atoms with Crippen LogP contribution in [0.1, 0.15) is 41.2 Å². The number of hydrogen-bond acceptors (Lipinski definition) is 4. The topological polar surface area (TPSA) is 64.7 Å². The zero-order valence-corrected chi connectivity index (χ0v) is 10.4. The van der Waals surface area contributed by atoms with E-state index >= 15 is 0 Å². The molecule has 2 atom stereocenters. The van der Waals surface area contributed by atoms with E-state index in [1.807, 2.05) is 25.3 Å². The van der Waals surface area contributed by atoms with Gasteiger partial charge in [-0.05, 0) is 37.5 Å². The van der Waals surface area contributed by atoms with Crippen LogP contribution in [0, 0.1) is 6.92 Å².